The van der Waals surface area contributed by atoms with E-state index in [1.165, 1.54) is 21.3 Å². The standard InChI is InChI=1S/C45H48N10O9/c1-9-54-34(19-26(3)50-54)40(56)48-44-46-32-21-29(42(58)62-7)23-36(61-6)38(32)52(44)17-11-12-18-53-39-33(47-45(53)49-41(57)35-20-27(4)51-55(35)10-2)22-30(43(59)63-8)24-37(39)64-25-28-13-15-31(60-5)16-14-28/h11-16,19-24H,9-10,17-18,25H2,1-8H3,(H,46,48,56)(H,47,49,57)/b12-11+. The number of anilines is 2. The molecule has 0 unspecified atom stereocenters. The van der Waals surface area contributed by atoms with Crippen molar-refractivity contribution in [2.75, 3.05) is 39.1 Å². The van der Waals surface area contributed by atoms with Crippen molar-refractivity contribution in [3.05, 3.63) is 112 Å². The van der Waals surface area contributed by atoms with Crippen LogP contribution >= 0.6 is 0 Å². The molecule has 0 atom stereocenters. The second kappa shape index (κ2) is 19.0. The molecule has 0 saturated carbocycles. The van der Waals surface area contributed by atoms with Crippen molar-refractivity contribution in [3.63, 3.8) is 0 Å². The van der Waals surface area contributed by atoms with Gasteiger partial charge in [0.05, 0.1) is 62.0 Å². The summed E-state index contributed by atoms with van der Waals surface area (Å²) >= 11 is 0. The first-order valence-electron chi connectivity index (χ1n) is 20.3. The van der Waals surface area contributed by atoms with Gasteiger partial charge < -0.3 is 32.8 Å². The molecular weight excluding hydrogens is 825 g/mol. The van der Waals surface area contributed by atoms with Crippen molar-refractivity contribution in [2.45, 2.75) is 60.5 Å². The van der Waals surface area contributed by atoms with E-state index in [1.54, 1.807) is 75.9 Å². The van der Waals surface area contributed by atoms with Crippen LogP contribution in [0, 0.1) is 13.8 Å². The number of carbonyl (C=O) groups is 4. The summed E-state index contributed by atoms with van der Waals surface area (Å²) in [6.45, 7) is 8.74. The van der Waals surface area contributed by atoms with E-state index < -0.39 is 23.8 Å². The molecule has 0 saturated heterocycles. The van der Waals surface area contributed by atoms with E-state index in [9.17, 15) is 19.2 Å². The number of fused-ring (bicyclic) bond motifs is 2. The normalized spacial score (nSPS) is 11.3. The molecule has 0 aliphatic heterocycles. The van der Waals surface area contributed by atoms with Crippen LogP contribution in [0.25, 0.3) is 22.1 Å². The van der Waals surface area contributed by atoms with E-state index in [1.807, 2.05) is 50.3 Å². The molecule has 19 heteroatoms. The molecule has 3 aromatic carbocycles. The average Bonchev–Trinajstić information content (AvgIpc) is 4.08. The van der Waals surface area contributed by atoms with E-state index >= 15 is 0 Å². The molecule has 4 aromatic heterocycles. The molecule has 0 aliphatic carbocycles. The minimum atomic E-state index is -0.600. The fraction of sp³-hybridized carbons (Fsp3) is 0.289. The Morgan fingerprint density at radius 3 is 1.53 bits per heavy atom. The molecule has 0 aliphatic rings. The van der Waals surface area contributed by atoms with Crippen LogP contribution in [0.15, 0.2) is 72.8 Å². The molecule has 7 rings (SSSR count). The number of imidazole rings is 2. The highest BCUT2D eigenvalue weighted by molar-refractivity contribution is 6.05. The Kier molecular flexibility index (Phi) is 13.1. The van der Waals surface area contributed by atoms with Crippen molar-refractivity contribution in [2.24, 2.45) is 0 Å². The van der Waals surface area contributed by atoms with Crippen LogP contribution in [0.5, 0.6) is 17.2 Å². The van der Waals surface area contributed by atoms with Gasteiger partial charge in [0.25, 0.3) is 11.8 Å². The van der Waals surface area contributed by atoms with Crippen LogP contribution in [0.1, 0.15) is 72.5 Å². The molecule has 0 radical (unpaired) electrons. The number of carbonyl (C=O) groups excluding carboxylic acids is 4. The second-order valence-corrected chi connectivity index (χ2v) is 14.5. The number of methoxy groups -OCH3 is 4. The van der Waals surface area contributed by atoms with Crippen molar-refractivity contribution in [1.82, 2.24) is 38.7 Å². The third kappa shape index (κ3) is 8.99. The van der Waals surface area contributed by atoms with E-state index in [2.05, 4.69) is 20.8 Å². The Morgan fingerprint density at radius 2 is 1.09 bits per heavy atom. The Balaban J connectivity index is 1.30. The summed E-state index contributed by atoms with van der Waals surface area (Å²) in [5, 5.41) is 14.7. The quantitative estimate of drug-likeness (QED) is 0.0754. The predicted molar refractivity (Wildman–Crippen MR) is 236 cm³/mol. The molecule has 0 bridgehead atoms. The van der Waals surface area contributed by atoms with Gasteiger partial charge in [-0.3, -0.25) is 29.6 Å². The number of hydrogen-bond donors (Lipinski definition) is 2. The number of aromatic nitrogens is 8. The minimum absolute atomic E-state index is 0.127. The maximum atomic E-state index is 13.9. The third-order valence-electron chi connectivity index (χ3n) is 10.3. The Labute approximate surface area is 367 Å². The number of nitrogens with one attached hydrogen (secondary N) is 2. The van der Waals surface area contributed by atoms with Crippen LogP contribution in [0.3, 0.4) is 0 Å². The van der Waals surface area contributed by atoms with Gasteiger partial charge >= 0.3 is 11.9 Å². The molecule has 4 heterocycles. The lowest BCUT2D eigenvalue weighted by Gasteiger charge is -2.14. The highest BCUT2D eigenvalue weighted by atomic mass is 16.5. The molecule has 332 valence electrons. The monoisotopic (exact) mass is 872 g/mol. The van der Waals surface area contributed by atoms with Gasteiger partial charge in [0, 0.05) is 26.2 Å². The number of ether oxygens (including phenoxy) is 5. The number of benzene rings is 3. The molecule has 0 spiro atoms. The lowest BCUT2D eigenvalue weighted by Crippen LogP contribution is -2.20. The third-order valence-corrected chi connectivity index (χ3v) is 10.3. The van der Waals surface area contributed by atoms with Crippen molar-refractivity contribution in [1.29, 1.82) is 0 Å². The van der Waals surface area contributed by atoms with Gasteiger partial charge in [-0.05, 0) is 81.8 Å². The summed E-state index contributed by atoms with van der Waals surface area (Å²) < 4.78 is 34.2. The summed E-state index contributed by atoms with van der Waals surface area (Å²) in [7, 11) is 5.62. The molecule has 2 N–H and O–H groups in total. The Hall–Kier alpha value is -7.96. The van der Waals surface area contributed by atoms with Gasteiger partial charge in [-0.15, -0.1) is 0 Å². The second-order valence-electron chi connectivity index (χ2n) is 14.5. The largest absolute Gasteiger partial charge is 0.497 e. The Bertz CT molecular complexity index is 2920. The molecule has 2 amide bonds. The van der Waals surface area contributed by atoms with Gasteiger partial charge in [0.1, 0.15) is 46.3 Å². The molecule has 19 nitrogen and oxygen atoms in total. The number of esters is 2. The topological polar surface area (TPSA) is 210 Å². The maximum Gasteiger partial charge on any atom is 0.338 e. The fourth-order valence-electron chi connectivity index (χ4n) is 7.26. The van der Waals surface area contributed by atoms with Gasteiger partial charge in [-0.2, -0.15) is 10.2 Å². The molecule has 0 fully saturated rings. The summed E-state index contributed by atoms with van der Waals surface area (Å²) in [4.78, 5) is 62.7. The van der Waals surface area contributed by atoms with Gasteiger partial charge in [-0.25, -0.2) is 19.6 Å². The van der Waals surface area contributed by atoms with Gasteiger partial charge in [0.15, 0.2) is 0 Å². The highest BCUT2D eigenvalue weighted by Crippen LogP contribution is 2.34. The maximum absolute atomic E-state index is 13.9. The lowest BCUT2D eigenvalue weighted by molar-refractivity contribution is 0.0591. The van der Waals surface area contributed by atoms with Crippen LogP contribution in [-0.2, 0) is 42.3 Å². The number of nitrogens with zero attached hydrogens (tertiary/aromatic N) is 8. The smallest absolute Gasteiger partial charge is 0.338 e. The Morgan fingerprint density at radius 1 is 0.625 bits per heavy atom. The highest BCUT2D eigenvalue weighted by Gasteiger charge is 2.24. The molecule has 64 heavy (non-hydrogen) atoms. The van der Waals surface area contributed by atoms with Crippen molar-refractivity contribution >= 4 is 57.7 Å². The van der Waals surface area contributed by atoms with Gasteiger partial charge in [-0.1, -0.05) is 24.3 Å². The first-order valence-corrected chi connectivity index (χ1v) is 20.3. The van der Waals surface area contributed by atoms with E-state index in [-0.39, 0.29) is 42.7 Å². The number of aryl methyl sites for hydroxylation is 4. The van der Waals surface area contributed by atoms with E-state index in [4.69, 9.17) is 33.7 Å². The minimum Gasteiger partial charge on any atom is -0.497 e. The zero-order chi connectivity index (χ0) is 45.7. The summed E-state index contributed by atoms with van der Waals surface area (Å²) in [5.41, 5.74) is 4.99. The fourth-order valence-corrected chi connectivity index (χ4v) is 7.26. The van der Waals surface area contributed by atoms with Crippen LogP contribution in [0.4, 0.5) is 11.9 Å². The first-order chi connectivity index (χ1) is 30.9. The van der Waals surface area contributed by atoms with Crippen LogP contribution < -0.4 is 24.8 Å². The first kappa shape index (κ1) is 44.1. The van der Waals surface area contributed by atoms with E-state index in [0.717, 1.165) is 5.56 Å². The number of hydrogen-bond acceptors (Lipinski definition) is 13. The average molecular weight is 873 g/mol. The summed E-state index contributed by atoms with van der Waals surface area (Å²) in [5.74, 6) is -0.401. The summed E-state index contributed by atoms with van der Waals surface area (Å²) in [6.07, 6.45) is 3.69. The lowest BCUT2D eigenvalue weighted by atomic mass is 10.1. The number of allylic oxidation sites excluding steroid dienone is 2. The van der Waals surface area contributed by atoms with Crippen molar-refractivity contribution in [3.8, 4) is 17.2 Å². The number of rotatable bonds is 17. The van der Waals surface area contributed by atoms with Crippen LogP contribution in [0.2, 0.25) is 0 Å². The predicted octanol–water partition coefficient (Wildman–Crippen LogP) is 6.37. The molecule has 7 aromatic rings. The zero-order valence-electron chi connectivity index (χ0n) is 36.7. The number of amides is 2. The SMILES string of the molecule is CCn1nc(C)cc1C(=O)Nc1nc2cc(C(=O)OC)cc(OC)c2n1C/C=C/Cn1c(NC(=O)c2cc(C)nn2CC)nc2cc(C(=O)OC)cc(OCc3ccc(OC)cc3)c21. The zero-order valence-corrected chi connectivity index (χ0v) is 36.7. The van der Waals surface area contributed by atoms with Crippen LogP contribution in [-0.4, -0.2) is 90.9 Å². The molecular formula is C45H48N10O9. The van der Waals surface area contributed by atoms with Crippen molar-refractivity contribution < 1.29 is 42.9 Å². The summed E-state index contributed by atoms with van der Waals surface area (Å²) in [6, 6.07) is 17.0. The van der Waals surface area contributed by atoms with Gasteiger partial charge in [0.2, 0.25) is 11.9 Å². The van der Waals surface area contributed by atoms with E-state index in [0.29, 0.717) is 75.2 Å².